The van der Waals surface area contributed by atoms with Crippen LogP contribution in [0.5, 0.6) is 0 Å². The molecule has 0 aliphatic carbocycles. The molecule has 166 valence electrons. The van der Waals surface area contributed by atoms with Gasteiger partial charge in [0.2, 0.25) is 5.76 Å². The minimum absolute atomic E-state index is 0.0349. The van der Waals surface area contributed by atoms with Crippen LogP contribution in [0.1, 0.15) is 59.8 Å². The van der Waals surface area contributed by atoms with E-state index in [1.54, 1.807) is 6.07 Å². The van der Waals surface area contributed by atoms with E-state index in [2.05, 4.69) is 25.8 Å². The van der Waals surface area contributed by atoms with Gasteiger partial charge in [0.05, 0.1) is 17.0 Å². The van der Waals surface area contributed by atoms with E-state index in [-0.39, 0.29) is 27.7 Å². The summed E-state index contributed by atoms with van der Waals surface area (Å²) in [6.45, 7) is 8.20. The Bertz CT molecular complexity index is 1470. The fraction of sp³-hybridized carbons (Fsp3) is 0.222. The summed E-state index contributed by atoms with van der Waals surface area (Å²) in [6, 6.07) is 16.2. The van der Waals surface area contributed by atoms with Crippen LogP contribution in [0.2, 0.25) is 0 Å². The minimum Gasteiger partial charge on any atom is -0.450 e. The van der Waals surface area contributed by atoms with Gasteiger partial charge in [-0.2, -0.15) is 0 Å². The van der Waals surface area contributed by atoms with Crippen LogP contribution in [0.25, 0.3) is 11.0 Å². The van der Waals surface area contributed by atoms with Crippen molar-refractivity contribution in [1.82, 2.24) is 4.98 Å². The van der Waals surface area contributed by atoms with Crippen LogP contribution in [0.15, 0.2) is 69.9 Å². The van der Waals surface area contributed by atoms with E-state index in [0.29, 0.717) is 5.82 Å². The molecular formula is C27H23FN2O3. The van der Waals surface area contributed by atoms with E-state index in [4.69, 9.17) is 4.42 Å². The molecule has 4 aromatic rings. The molecule has 1 aliphatic rings. The number of hydrogen-bond acceptors (Lipinski definition) is 4. The number of carbonyl (C=O) groups is 1. The lowest BCUT2D eigenvalue weighted by molar-refractivity contribution is 0.0970. The van der Waals surface area contributed by atoms with Gasteiger partial charge < -0.3 is 4.42 Å². The van der Waals surface area contributed by atoms with Gasteiger partial charge in [-0.05, 0) is 53.8 Å². The molecule has 2 aromatic heterocycles. The highest BCUT2D eigenvalue weighted by Gasteiger charge is 2.44. The summed E-state index contributed by atoms with van der Waals surface area (Å²) in [5.41, 5.74) is 2.53. The Kier molecular flexibility index (Phi) is 4.71. The number of aromatic nitrogens is 1. The first-order valence-electron chi connectivity index (χ1n) is 10.8. The largest absolute Gasteiger partial charge is 0.450 e. The van der Waals surface area contributed by atoms with Crippen molar-refractivity contribution in [2.75, 3.05) is 4.90 Å². The molecule has 1 aliphatic heterocycles. The van der Waals surface area contributed by atoms with Crippen LogP contribution in [0.4, 0.5) is 10.2 Å². The van der Waals surface area contributed by atoms with E-state index in [1.807, 2.05) is 43.3 Å². The lowest BCUT2D eigenvalue weighted by Crippen LogP contribution is -2.30. The van der Waals surface area contributed by atoms with Crippen molar-refractivity contribution >= 4 is 22.7 Å². The molecule has 3 heterocycles. The van der Waals surface area contributed by atoms with Gasteiger partial charge in [0.1, 0.15) is 17.2 Å². The van der Waals surface area contributed by atoms with Crippen molar-refractivity contribution in [3.05, 3.63) is 105 Å². The number of amides is 1. The van der Waals surface area contributed by atoms with Gasteiger partial charge in [-0.25, -0.2) is 9.37 Å². The molecule has 1 atom stereocenters. The zero-order chi connectivity index (χ0) is 23.5. The van der Waals surface area contributed by atoms with Gasteiger partial charge >= 0.3 is 0 Å². The van der Waals surface area contributed by atoms with Crippen LogP contribution in [-0.2, 0) is 5.41 Å². The van der Waals surface area contributed by atoms with Crippen molar-refractivity contribution in [3.63, 3.8) is 0 Å². The van der Waals surface area contributed by atoms with E-state index >= 15 is 0 Å². The summed E-state index contributed by atoms with van der Waals surface area (Å²) in [5.74, 6) is -0.600. The molecule has 0 fully saturated rings. The Morgan fingerprint density at radius 3 is 2.39 bits per heavy atom. The number of pyridine rings is 1. The van der Waals surface area contributed by atoms with Crippen LogP contribution in [-0.4, -0.2) is 10.9 Å². The molecule has 0 spiro atoms. The van der Waals surface area contributed by atoms with Crippen molar-refractivity contribution in [2.45, 2.75) is 39.2 Å². The predicted molar refractivity (Wildman–Crippen MR) is 125 cm³/mol. The Balaban J connectivity index is 1.78. The van der Waals surface area contributed by atoms with Gasteiger partial charge in [0, 0.05) is 5.69 Å². The monoisotopic (exact) mass is 442 g/mol. The minimum atomic E-state index is -0.736. The molecule has 6 heteroatoms. The Morgan fingerprint density at radius 1 is 1.00 bits per heavy atom. The highest BCUT2D eigenvalue weighted by Crippen LogP contribution is 2.41. The molecule has 5 nitrogen and oxygen atoms in total. The SMILES string of the molecule is Cc1cccc(N2C(=O)c3oc4ccc(F)cc4c(=O)c3C2c2ccc(C(C)(C)C)cc2)n1. The van der Waals surface area contributed by atoms with E-state index in [9.17, 15) is 14.0 Å². The summed E-state index contributed by atoms with van der Waals surface area (Å²) in [4.78, 5) is 33.1. The number of hydrogen-bond donors (Lipinski definition) is 0. The standard InChI is InChI=1S/C27H23FN2O3/c1-15-6-5-7-21(29-15)30-23(16-8-10-17(11-9-16)27(2,3)4)22-24(31)19-14-18(28)12-13-20(19)33-25(22)26(30)32/h5-14,23H,1-4H3. The van der Waals surface area contributed by atoms with Crippen molar-refractivity contribution < 1.29 is 13.6 Å². The molecule has 0 radical (unpaired) electrons. The Hall–Kier alpha value is -3.80. The molecule has 0 N–H and O–H groups in total. The third-order valence-corrected chi connectivity index (χ3v) is 6.05. The number of carbonyl (C=O) groups excluding carboxylic acids is 1. The maximum Gasteiger partial charge on any atom is 0.296 e. The topological polar surface area (TPSA) is 63.4 Å². The zero-order valence-electron chi connectivity index (χ0n) is 18.8. The number of halogens is 1. The zero-order valence-corrected chi connectivity index (χ0v) is 18.8. The van der Waals surface area contributed by atoms with Crippen molar-refractivity contribution in [2.24, 2.45) is 0 Å². The van der Waals surface area contributed by atoms with E-state index in [1.165, 1.54) is 17.0 Å². The smallest absolute Gasteiger partial charge is 0.296 e. The Morgan fingerprint density at radius 2 is 1.73 bits per heavy atom. The number of aryl methyl sites for hydroxylation is 1. The molecular weight excluding hydrogens is 419 g/mol. The van der Waals surface area contributed by atoms with Crippen LogP contribution >= 0.6 is 0 Å². The van der Waals surface area contributed by atoms with Gasteiger partial charge in [-0.1, -0.05) is 51.1 Å². The number of fused-ring (bicyclic) bond motifs is 2. The van der Waals surface area contributed by atoms with Gasteiger partial charge in [0.25, 0.3) is 5.91 Å². The average Bonchev–Trinajstić information content (AvgIpc) is 3.06. The third-order valence-electron chi connectivity index (χ3n) is 6.05. The summed E-state index contributed by atoms with van der Waals surface area (Å²) >= 11 is 0. The molecule has 1 amide bonds. The maximum absolute atomic E-state index is 13.9. The lowest BCUT2D eigenvalue weighted by Gasteiger charge is -2.25. The second-order valence-electron chi connectivity index (χ2n) is 9.40. The normalized spacial score (nSPS) is 15.8. The number of nitrogens with zero attached hydrogens (tertiary/aromatic N) is 2. The third kappa shape index (κ3) is 3.42. The van der Waals surface area contributed by atoms with Crippen LogP contribution in [0.3, 0.4) is 0 Å². The number of rotatable bonds is 2. The molecule has 1 unspecified atom stereocenters. The van der Waals surface area contributed by atoms with E-state index in [0.717, 1.165) is 22.9 Å². The summed E-state index contributed by atoms with van der Waals surface area (Å²) < 4.78 is 19.8. The summed E-state index contributed by atoms with van der Waals surface area (Å²) in [5, 5.41) is 0.108. The fourth-order valence-electron chi connectivity index (χ4n) is 4.33. The first-order valence-corrected chi connectivity index (χ1v) is 10.8. The van der Waals surface area contributed by atoms with E-state index < -0.39 is 23.2 Å². The van der Waals surface area contributed by atoms with Crippen molar-refractivity contribution in [1.29, 1.82) is 0 Å². The highest BCUT2D eigenvalue weighted by molar-refractivity contribution is 6.10. The predicted octanol–water partition coefficient (Wildman–Crippen LogP) is 5.68. The van der Waals surface area contributed by atoms with Gasteiger partial charge in [-0.3, -0.25) is 14.5 Å². The fourth-order valence-corrected chi connectivity index (χ4v) is 4.33. The Labute approximate surface area is 190 Å². The van der Waals surface area contributed by atoms with Gasteiger partial charge in [-0.15, -0.1) is 0 Å². The highest BCUT2D eigenvalue weighted by atomic mass is 19.1. The summed E-state index contributed by atoms with van der Waals surface area (Å²) in [7, 11) is 0. The lowest BCUT2D eigenvalue weighted by atomic mass is 9.86. The number of benzene rings is 2. The summed E-state index contributed by atoms with van der Waals surface area (Å²) in [6.07, 6.45) is 0. The number of anilines is 1. The second-order valence-corrected chi connectivity index (χ2v) is 9.40. The average molecular weight is 442 g/mol. The molecule has 2 aromatic carbocycles. The van der Waals surface area contributed by atoms with Crippen molar-refractivity contribution in [3.8, 4) is 0 Å². The molecule has 5 rings (SSSR count). The van der Waals surface area contributed by atoms with Gasteiger partial charge in [0.15, 0.2) is 5.43 Å². The van der Waals surface area contributed by atoms with Crippen LogP contribution < -0.4 is 10.3 Å². The first-order chi connectivity index (χ1) is 15.6. The molecule has 0 bridgehead atoms. The molecule has 0 saturated carbocycles. The maximum atomic E-state index is 13.9. The van der Waals surface area contributed by atoms with Crippen LogP contribution in [0, 0.1) is 12.7 Å². The molecule has 0 saturated heterocycles. The molecule has 33 heavy (non-hydrogen) atoms. The first kappa shape index (κ1) is 21.1. The second kappa shape index (κ2) is 7.37. The quantitative estimate of drug-likeness (QED) is 0.401.